The van der Waals surface area contributed by atoms with Crippen molar-refractivity contribution in [3.8, 4) is 22.4 Å². The minimum Gasteiger partial charge on any atom is -0.201 e. The summed E-state index contributed by atoms with van der Waals surface area (Å²) in [6.07, 6.45) is 8.76. The van der Waals surface area contributed by atoms with Crippen LogP contribution in [0.15, 0.2) is 66.9 Å². The van der Waals surface area contributed by atoms with Gasteiger partial charge in [0.15, 0.2) is 6.20 Å². The third-order valence-electron chi connectivity index (χ3n) is 7.53. The van der Waals surface area contributed by atoms with Gasteiger partial charge in [0.2, 0.25) is 5.69 Å². The molecule has 0 N–H and O–H groups in total. The molecular formula is C29H28N+. The van der Waals surface area contributed by atoms with Crippen molar-refractivity contribution in [3.63, 3.8) is 0 Å². The molecule has 2 aliphatic rings. The third kappa shape index (κ3) is 2.65. The lowest BCUT2D eigenvalue weighted by atomic mass is 9.92. The Morgan fingerprint density at radius 2 is 1.67 bits per heavy atom. The van der Waals surface area contributed by atoms with Crippen molar-refractivity contribution in [2.75, 3.05) is 0 Å². The molecule has 0 radical (unpaired) electrons. The zero-order chi connectivity index (χ0) is 20.2. The van der Waals surface area contributed by atoms with Gasteiger partial charge in [-0.05, 0) is 82.3 Å². The molecule has 0 spiro atoms. The summed E-state index contributed by atoms with van der Waals surface area (Å²) in [5, 5.41) is 2.72. The lowest BCUT2D eigenvalue weighted by Gasteiger charge is -2.13. The zero-order valence-electron chi connectivity index (χ0n) is 17.9. The quantitative estimate of drug-likeness (QED) is 0.290. The van der Waals surface area contributed by atoms with Gasteiger partial charge in [0, 0.05) is 17.7 Å². The van der Waals surface area contributed by atoms with Crippen LogP contribution in [0.5, 0.6) is 0 Å². The average molecular weight is 391 g/mol. The van der Waals surface area contributed by atoms with E-state index in [-0.39, 0.29) is 0 Å². The van der Waals surface area contributed by atoms with E-state index in [1.165, 1.54) is 81.1 Å². The second-order valence-corrected chi connectivity index (χ2v) is 9.20. The van der Waals surface area contributed by atoms with Crippen molar-refractivity contribution >= 4 is 10.8 Å². The van der Waals surface area contributed by atoms with Crippen molar-refractivity contribution in [1.82, 2.24) is 0 Å². The Balaban J connectivity index is 1.50. The Morgan fingerprint density at radius 3 is 2.53 bits per heavy atom. The highest BCUT2D eigenvalue weighted by atomic mass is 14.9. The van der Waals surface area contributed by atoms with Crippen molar-refractivity contribution < 1.29 is 4.57 Å². The minimum absolute atomic E-state index is 0.746. The maximum atomic E-state index is 2.46. The van der Waals surface area contributed by atoms with Crippen LogP contribution >= 0.6 is 0 Å². The Morgan fingerprint density at radius 1 is 0.867 bits per heavy atom. The number of aromatic nitrogens is 1. The monoisotopic (exact) mass is 390 g/mol. The highest BCUT2D eigenvalue weighted by Gasteiger charge is 2.26. The molecule has 3 aromatic carbocycles. The molecule has 1 aromatic heterocycles. The van der Waals surface area contributed by atoms with Gasteiger partial charge in [-0.15, -0.1) is 0 Å². The molecule has 2 aliphatic carbocycles. The summed E-state index contributed by atoms with van der Waals surface area (Å²) in [4.78, 5) is 0. The molecule has 0 saturated heterocycles. The maximum absolute atomic E-state index is 2.46. The fourth-order valence-corrected chi connectivity index (χ4v) is 5.84. The molecule has 1 heterocycles. The van der Waals surface area contributed by atoms with Gasteiger partial charge in [-0.25, -0.2) is 4.57 Å². The normalized spacial score (nSPS) is 15.5. The fraction of sp³-hybridized carbons (Fsp3) is 0.276. The topological polar surface area (TPSA) is 3.88 Å². The molecule has 1 fully saturated rings. The van der Waals surface area contributed by atoms with Gasteiger partial charge in [-0.2, -0.15) is 0 Å². The van der Waals surface area contributed by atoms with Crippen LogP contribution in [0.3, 0.4) is 0 Å². The number of fused-ring (bicyclic) bond motifs is 5. The number of rotatable bonds is 2. The number of benzene rings is 3. The summed E-state index contributed by atoms with van der Waals surface area (Å²) < 4.78 is 2.30. The highest BCUT2D eigenvalue weighted by Crippen LogP contribution is 2.44. The summed E-state index contributed by atoms with van der Waals surface area (Å²) in [5.41, 5.74) is 11.5. The number of aryl methyl sites for hydroxylation is 1. The van der Waals surface area contributed by atoms with Gasteiger partial charge in [-0.1, -0.05) is 55.3 Å². The van der Waals surface area contributed by atoms with Crippen molar-refractivity contribution in [1.29, 1.82) is 0 Å². The molecule has 4 aromatic rings. The molecule has 0 bridgehead atoms. The van der Waals surface area contributed by atoms with E-state index < -0.39 is 0 Å². The number of nitrogens with zero attached hydrogens (tertiary/aromatic N) is 1. The zero-order valence-corrected chi connectivity index (χ0v) is 17.9. The molecule has 0 amide bonds. The summed E-state index contributed by atoms with van der Waals surface area (Å²) in [5.74, 6) is 0.746. The van der Waals surface area contributed by atoms with Crippen molar-refractivity contribution in [2.24, 2.45) is 7.05 Å². The summed E-state index contributed by atoms with van der Waals surface area (Å²) in [6.45, 7) is 2.32. The Kier molecular flexibility index (Phi) is 4.06. The summed E-state index contributed by atoms with van der Waals surface area (Å²) >= 11 is 0. The average Bonchev–Trinajstić information content (AvgIpc) is 3.43. The molecule has 1 nitrogen and oxygen atoms in total. The van der Waals surface area contributed by atoms with Gasteiger partial charge in [0.05, 0.1) is 0 Å². The first kappa shape index (κ1) is 17.9. The fourth-order valence-electron chi connectivity index (χ4n) is 5.84. The predicted octanol–water partition coefficient (Wildman–Crippen LogP) is 6.87. The highest BCUT2D eigenvalue weighted by molar-refractivity contribution is 6.01. The molecule has 148 valence electrons. The Bertz CT molecular complexity index is 1290. The second-order valence-electron chi connectivity index (χ2n) is 9.20. The second kappa shape index (κ2) is 6.80. The van der Waals surface area contributed by atoms with E-state index >= 15 is 0 Å². The SMILES string of the molecule is Cc1c(-c2cc(C3CCCC3)cc[n+]2C)ccc2c1Cc1ccc3ccccc3c1-2. The smallest absolute Gasteiger partial charge is 0.201 e. The summed E-state index contributed by atoms with van der Waals surface area (Å²) in [7, 11) is 2.18. The molecule has 1 saturated carbocycles. The Labute approximate surface area is 179 Å². The van der Waals surface area contributed by atoms with Crippen molar-refractivity contribution in [2.45, 2.75) is 44.9 Å². The van der Waals surface area contributed by atoms with Crippen LogP contribution in [0, 0.1) is 6.92 Å². The van der Waals surface area contributed by atoms with E-state index in [0.29, 0.717) is 0 Å². The number of pyridine rings is 1. The number of hydrogen-bond donors (Lipinski definition) is 0. The van der Waals surface area contributed by atoms with Gasteiger partial charge >= 0.3 is 0 Å². The first-order valence-corrected chi connectivity index (χ1v) is 11.3. The van der Waals surface area contributed by atoms with Gasteiger partial charge in [0.1, 0.15) is 7.05 Å². The van der Waals surface area contributed by atoms with Crippen LogP contribution in [0.4, 0.5) is 0 Å². The van der Waals surface area contributed by atoms with Gasteiger partial charge in [0.25, 0.3) is 0 Å². The van der Waals surface area contributed by atoms with Crippen LogP contribution in [0.2, 0.25) is 0 Å². The standard InChI is InChI=1S/C29H28N/c1-19-24(28-18-22(15-16-30(28)2)20-7-3-4-8-20)13-14-26-27(19)17-23-12-11-21-9-5-6-10-25(21)29(23)26/h5-6,9-16,18,20H,3-4,7-8,17H2,1-2H3/q+1. The Hall–Kier alpha value is -2.93. The van der Waals surface area contributed by atoms with E-state index in [2.05, 4.69) is 85.4 Å². The molecule has 0 atom stereocenters. The number of hydrogen-bond acceptors (Lipinski definition) is 0. The maximum Gasteiger partial charge on any atom is 0.212 e. The van der Waals surface area contributed by atoms with Gasteiger partial charge < -0.3 is 0 Å². The summed E-state index contributed by atoms with van der Waals surface area (Å²) in [6, 6.07) is 22.9. The molecular weight excluding hydrogens is 362 g/mol. The molecule has 0 aliphatic heterocycles. The van der Waals surface area contributed by atoms with Crippen LogP contribution in [-0.4, -0.2) is 0 Å². The largest absolute Gasteiger partial charge is 0.212 e. The van der Waals surface area contributed by atoms with E-state index in [9.17, 15) is 0 Å². The molecule has 1 heteroatoms. The van der Waals surface area contributed by atoms with Crippen molar-refractivity contribution in [3.05, 3.63) is 89.1 Å². The predicted molar refractivity (Wildman–Crippen MR) is 125 cm³/mol. The van der Waals surface area contributed by atoms with E-state index in [1.807, 2.05) is 0 Å². The van der Waals surface area contributed by atoms with Gasteiger partial charge in [-0.3, -0.25) is 0 Å². The lowest BCUT2D eigenvalue weighted by Crippen LogP contribution is -2.31. The van der Waals surface area contributed by atoms with E-state index in [0.717, 1.165) is 12.3 Å². The first-order valence-electron chi connectivity index (χ1n) is 11.3. The third-order valence-corrected chi connectivity index (χ3v) is 7.53. The van der Waals surface area contributed by atoms with E-state index in [4.69, 9.17) is 0 Å². The lowest BCUT2D eigenvalue weighted by molar-refractivity contribution is -0.660. The first-order chi connectivity index (χ1) is 14.7. The van der Waals surface area contributed by atoms with Crippen LogP contribution in [0.25, 0.3) is 33.2 Å². The minimum atomic E-state index is 0.746. The molecule has 6 rings (SSSR count). The molecule has 30 heavy (non-hydrogen) atoms. The van der Waals surface area contributed by atoms with Crippen LogP contribution in [-0.2, 0) is 13.5 Å². The van der Waals surface area contributed by atoms with E-state index in [1.54, 1.807) is 0 Å². The van der Waals surface area contributed by atoms with Crippen LogP contribution < -0.4 is 4.57 Å². The van der Waals surface area contributed by atoms with Crippen LogP contribution in [0.1, 0.15) is 53.9 Å². The molecule has 0 unspecified atom stereocenters.